The van der Waals surface area contributed by atoms with Crippen LogP contribution in [0.5, 0.6) is 11.5 Å². The number of ether oxygens (including phenoxy) is 2. The smallest absolute Gasteiger partial charge is 0.277 e. The number of benzene rings is 3. The fraction of sp³-hybridized carbons (Fsp3) is 0.167. The first-order valence-corrected chi connectivity index (χ1v) is 10.3. The summed E-state index contributed by atoms with van der Waals surface area (Å²) < 4.78 is 12.5. The van der Waals surface area contributed by atoms with Crippen LogP contribution in [0.2, 0.25) is 0 Å². The van der Waals surface area contributed by atoms with Crippen molar-refractivity contribution in [2.75, 3.05) is 6.61 Å². The van der Waals surface area contributed by atoms with Crippen molar-refractivity contribution < 1.29 is 14.3 Å². The Balaban J connectivity index is 1.58. The van der Waals surface area contributed by atoms with E-state index in [4.69, 9.17) is 9.47 Å². The number of hydrogen-bond acceptors (Lipinski definition) is 4. The third-order valence-electron chi connectivity index (χ3n) is 4.36. The predicted molar refractivity (Wildman–Crippen MR) is 122 cm³/mol. The molecule has 0 aliphatic carbocycles. The minimum absolute atomic E-state index is 0.112. The fourth-order valence-electron chi connectivity index (χ4n) is 2.86. The summed E-state index contributed by atoms with van der Waals surface area (Å²) in [7, 11) is 0. The van der Waals surface area contributed by atoms with Crippen molar-refractivity contribution >= 4 is 28.1 Å². The molecule has 6 heteroatoms. The first kappa shape index (κ1) is 21.6. The Morgan fingerprint density at radius 3 is 2.47 bits per heavy atom. The molecule has 5 nitrogen and oxygen atoms in total. The second kappa shape index (κ2) is 10.6. The lowest BCUT2D eigenvalue weighted by Gasteiger charge is -2.11. The summed E-state index contributed by atoms with van der Waals surface area (Å²) in [4.78, 5) is 12.1. The van der Waals surface area contributed by atoms with Crippen LogP contribution in [0.3, 0.4) is 0 Å². The molecule has 30 heavy (non-hydrogen) atoms. The van der Waals surface area contributed by atoms with Gasteiger partial charge in [-0.3, -0.25) is 4.79 Å². The van der Waals surface area contributed by atoms with Crippen LogP contribution in [0.4, 0.5) is 0 Å². The van der Waals surface area contributed by atoms with Crippen LogP contribution in [0, 0.1) is 13.8 Å². The summed E-state index contributed by atoms with van der Waals surface area (Å²) in [6.45, 7) is 4.23. The van der Waals surface area contributed by atoms with Crippen LogP contribution in [0.25, 0.3) is 0 Å². The van der Waals surface area contributed by atoms with E-state index >= 15 is 0 Å². The van der Waals surface area contributed by atoms with E-state index in [9.17, 15) is 4.79 Å². The lowest BCUT2D eigenvalue weighted by Crippen LogP contribution is -2.25. The lowest BCUT2D eigenvalue weighted by atomic mass is 10.1. The van der Waals surface area contributed by atoms with Gasteiger partial charge in [-0.05, 0) is 48.7 Å². The van der Waals surface area contributed by atoms with Crippen molar-refractivity contribution in [3.63, 3.8) is 0 Å². The summed E-state index contributed by atoms with van der Waals surface area (Å²) in [5.41, 5.74) is 6.29. The van der Waals surface area contributed by atoms with Gasteiger partial charge in [0.15, 0.2) is 6.61 Å². The highest BCUT2D eigenvalue weighted by molar-refractivity contribution is 9.10. The molecule has 0 heterocycles. The number of carbonyl (C=O) groups excluding carboxylic acids is 1. The zero-order valence-corrected chi connectivity index (χ0v) is 18.5. The number of rotatable bonds is 8. The normalized spacial score (nSPS) is 10.8. The molecule has 0 unspecified atom stereocenters. The molecule has 0 radical (unpaired) electrons. The van der Waals surface area contributed by atoms with Crippen molar-refractivity contribution in [1.29, 1.82) is 0 Å². The van der Waals surface area contributed by atoms with Gasteiger partial charge in [-0.25, -0.2) is 5.43 Å². The van der Waals surface area contributed by atoms with E-state index in [0.717, 1.165) is 32.5 Å². The van der Waals surface area contributed by atoms with Crippen molar-refractivity contribution in [3.8, 4) is 11.5 Å². The average molecular weight is 467 g/mol. The predicted octanol–water partition coefficient (Wildman–Crippen LogP) is 5.17. The molecule has 3 aromatic rings. The minimum atomic E-state index is -0.337. The van der Waals surface area contributed by atoms with Gasteiger partial charge in [0.05, 0.1) is 6.21 Å². The first-order chi connectivity index (χ1) is 14.5. The Bertz CT molecular complexity index is 1020. The highest BCUT2D eigenvalue weighted by Crippen LogP contribution is 2.23. The monoisotopic (exact) mass is 466 g/mol. The Labute approximate surface area is 184 Å². The van der Waals surface area contributed by atoms with Gasteiger partial charge >= 0.3 is 0 Å². The van der Waals surface area contributed by atoms with Crippen LogP contribution in [0.1, 0.15) is 22.3 Å². The van der Waals surface area contributed by atoms with Crippen LogP contribution in [-0.4, -0.2) is 18.7 Å². The molecule has 0 saturated carbocycles. The van der Waals surface area contributed by atoms with Crippen molar-refractivity contribution in [1.82, 2.24) is 5.43 Å². The van der Waals surface area contributed by atoms with Crippen LogP contribution < -0.4 is 14.9 Å². The van der Waals surface area contributed by atoms with Gasteiger partial charge in [-0.15, -0.1) is 0 Å². The third kappa shape index (κ3) is 6.19. The van der Waals surface area contributed by atoms with Gasteiger partial charge in [0, 0.05) is 10.0 Å². The standard InChI is InChI=1S/C24H23BrN2O3/c1-17-7-6-8-18(2)24(17)30-16-23(28)27-26-14-20-13-21(25)11-12-22(20)29-15-19-9-4-3-5-10-19/h3-14H,15-16H2,1-2H3,(H,27,28). The van der Waals surface area contributed by atoms with Crippen LogP contribution in [-0.2, 0) is 11.4 Å². The van der Waals surface area contributed by atoms with E-state index < -0.39 is 0 Å². The summed E-state index contributed by atoms with van der Waals surface area (Å²) in [6, 6.07) is 21.4. The van der Waals surface area contributed by atoms with E-state index in [1.54, 1.807) is 6.21 Å². The van der Waals surface area contributed by atoms with Gasteiger partial charge in [-0.1, -0.05) is 64.5 Å². The number of aryl methyl sites for hydroxylation is 2. The lowest BCUT2D eigenvalue weighted by molar-refractivity contribution is -0.123. The summed E-state index contributed by atoms with van der Waals surface area (Å²) in [6.07, 6.45) is 1.56. The van der Waals surface area contributed by atoms with Crippen molar-refractivity contribution in [3.05, 3.63) is 93.5 Å². The average Bonchev–Trinajstić information content (AvgIpc) is 2.73. The highest BCUT2D eigenvalue weighted by Gasteiger charge is 2.07. The Hall–Kier alpha value is -3.12. The zero-order chi connectivity index (χ0) is 21.3. The van der Waals surface area contributed by atoms with E-state index in [1.165, 1.54) is 0 Å². The van der Waals surface area contributed by atoms with E-state index in [-0.39, 0.29) is 12.5 Å². The summed E-state index contributed by atoms with van der Waals surface area (Å²) in [5, 5.41) is 4.05. The van der Waals surface area contributed by atoms with Gasteiger partial charge in [0.1, 0.15) is 18.1 Å². The quantitative estimate of drug-likeness (QED) is 0.367. The highest BCUT2D eigenvalue weighted by atomic mass is 79.9. The van der Waals surface area contributed by atoms with E-state index in [2.05, 4.69) is 26.5 Å². The number of para-hydroxylation sites is 1. The maximum atomic E-state index is 12.1. The topological polar surface area (TPSA) is 59.9 Å². The number of halogens is 1. The maximum Gasteiger partial charge on any atom is 0.277 e. The Morgan fingerprint density at radius 1 is 1.00 bits per heavy atom. The molecule has 0 spiro atoms. The number of hydrogen-bond donors (Lipinski definition) is 1. The molecule has 1 N–H and O–H groups in total. The Morgan fingerprint density at radius 2 is 1.73 bits per heavy atom. The molecular formula is C24H23BrN2O3. The van der Waals surface area contributed by atoms with Gasteiger partial charge < -0.3 is 9.47 Å². The van der Waals surface area contributed by atoms with Crippen molar-refractivity contribution in [2.24, 2.45) is 5.10 Å². The van der Waals surface area contributed by atoms with E-state index in [0.29, 0.717) is 12.4 Å². The molecule has 154 valence electrons. The fourth-order valence-corrected chi connectivity index (χ4v) is 3.24. The molecule has 0 bridgehead atoms. The van der Waals surface area contributed by atoms with Gasteiger partial charge in [0.25, 0.3) is 5.91 Å². The van der Waals surface area contributed by atoms with Crippen molar-refractivity contribution in [2.45, 2.75) is 20.5 Å². The van der Waals surface area contributed by atoms with Gasteiger partial charge in [-0.2, -0.15) is 5.10 Å². The largest absolute Gasteiger partial charge is 0.488 e. The molecule has 0 aliphatic heterocycles. The second-order valence-corrected chi connectivity index (χ2v) is 7.67. The van der Waals surface area contributed by atoms with Crippen LogP contribution in [0.15, 0.2) is 76.3 Å². The molecule has 0 aliphatic rings. The zero-order valence-electron chi connectivity index (χ0n) is 16.9. The molecule has 0 aromatic heterocycles. The number of amides is 1. The number of carbonyl (C=O) groups is 1. The molecule has 3 aromatic carbocycles. The molecule has 3 rings (SSSR count). The molecular weight excluding hydrogens is 444 g/mol. The maximum absolute atomic E-state index is 12.1. The minimum Gasteiger partial charge on any atom is -0.488 e. The van der Waals surface area contributed by atoms with Gasteiger partial charge in [0.2, 0.25) is 0 Å². The second-order valence-electron chi connectivity index (χ2n) is 6.76. The molecule has 1 amide bonds. The molecule has 0 fully saturated rings. The third-order valence-corrected chi connectivity index (χ3v) is 4.85. The number of nitrogens with one attached hydrogen (secondary N) is 1. The molecule has 0 saturated heterocycles. The summed E-state index contributed by atoms with van der Waals surface area (Å²) in [5.74, 6) is 1.06. The Kier molecular flexibility index (Phi) is 7.63. The van der Waals surface area contributed by atoms with E-state index in [1.807, 2.05) is 80.6 Å². The SMILES string of the molecule is Cc1cccc(C)c1OCC(=O)NN=Cc1cc(Br)ccc1OCc1ccccc1. The first-order valence-electron chi connectivity index (χ1n) is 9.50. The van der Waals surface area contributed by atoms with Crippen LogP contribution >= 0.6 is 15.9 Å². The summed E-state index contributed by atoms with van der Waals surface area (Å²) >= 11 is 3.45. The number of nitrogens with zero attached hydrogens (tertiary/aromatic N) is 1. The molecule has 0 atom stereocenters. The number of hydrazone groups is 1.